The van der Waals surface area contributed by atoms with Crippen molar-refractivity contribution in [1.82, 2.24) is 10.6 Å². The van der Waals surface area contributed by atoms with Crippen LogP contribution in [0.15, 0.2) is 24.3 Å². The highest BCUT2D eigenvalue weighted by molar-refractivity contribution is 5.76. The van der Waals surface area contributed by atoms with Gasteiger partial charge in [-0.15, -0.1) is 0 Å². The molecular weight excluding hydrogens is 231 g/mol. The molecule has 1 fully saturated rings. The van der Waals surface area contributed by atoms with Gasteiger partial charge in [-0.3, -0.25) is 4.79 Å². The normalized spacial score (nSPS) is 21.4. The molecular formula is C14H19FN2O. The van der Waals surface area contributed by atoms with E-state index >= 15 is 0 Å². The van der Waals surface area contributed by atoms with E-state index in [0.29, 0.717) is 18.5 Å². The molecule has 1 aromatic rings. The Morgan fingerprint density at radius 3 is 2.89 bits per heavy atom. The Bertz CT molecular complexity index is 412. The van der Waals surface area contributed by atoms with Gasteiger partial charge in [-0.25, -0.2) is 4.39 Å². The van der Waals surface area contributed by atoms with Gasteiger partial charge in [0.1, 0.15) is 5.82 Å². The molecule has 0 aromatic heterocycles. The maximum atomic E-state index is 13.7. The van der Waals surface area contributed by atoms with Crippen molar-refractivity contribution in [1.29, 1.82) is 0 Å². The van der Waals surface area contributed by atoms with Gasteiger partial charge in [0.05, 0.1) is 0 Å². The number of piperidine rings is 1. The molecule has 1 aliphatic rings. The summed E-state index contributed by atoms with van der Waals surface area (Å²) in [6.45, 7) is 2.66. The summed E-state index contributed by atoms with van der Waals surface area (Å²) in [6, 6.07) is 7.09. The molecule has 2 rings (SSSR count). The zero-order chi connectivity index (χ0) is 13.0. The van der Waals surface area contributed by atoms with Gasteiger partial charge in [0.15, 0.2) is 0 Å². The number of benzene rings is 1. The molecule has 2 N–H and O–H groups in total. The Hall–Kier alpha value is -1.42. The lowest BCUT2D eigenvalue weighted by molar-refractivity contribution is -0.122. The van der Waals surface area contributed by atoms with E-state index < -0.39 is 0 Å². The van der Waals surface area contributed by atoms with Gasteiger partial charge in [-0.1, -0.05) is 25.1 Å². The first-order chi connectivity index (χ1) is 8.70. The zero-order valence-corrected chi connectivity index (χ0v) is 10.6. The fraction of sp³-hybridized carbons (Fsp3) is 0.500. The summed E-state index contributed by atoms with van der Waals surface area (Å²) < 4.78 is 13.7. The molecule has 3 nitrogen and oxygen atoms in total. The molecule has 2 atom stereocenters. The van der Waals surface area contributed by atoms with Crippen LogP contribution in [-0.2, 0) is 4.79 Å². The Morgan fingerprint density at radius 1 is 1.50 bits per heavy atom. The van der Waals surface area contributed by atoms with E-state index in [2.05, 4.69) is 10.6 Å². The monoisotopic (exact) mass is 250 g/mol. The molecule has 2 unspecified atom stereocenters. The summed E-state index contributed by atoms with van der Waals surface area (Å²) in [7, 11) is 0. The highest BCUT2D eigenvalue weighted by Gasteiger charge is 2.22. The summed E-state index contributed by atoms with van der Waals surface area (Å²) in [4.78, 5) is 11.1. The van der Waals surface area contributed by atoms with Gasteiger partial charge in [-0.05, 0) is 18.9 Å². The lowest BCUT2D eigenvalue weighted by Crippen LogP contribution is -2.46. The minimum Gasteiger partial charge on any atom is -0.355 e. The number of carbonyl (C=O) groups is 1. The van der Waals surface area contributed by atoms with Gasteiger partial charge in [0, 0.05) is 30.6 Å². The van der Waals surface area contributed by atoms with Gasteiger partial charge in [-0.2, -0.15) is 0 Å². The van der Waals surface area contributed by atoms with E-state index in [9.17, 15) is 9.18 Å². The lowest BCUT2D eigenvalue weighted by Gasteiger charge is -2.28. The second-order valence-corrected chi connectivity index (χ2v) is 4.69. The minimum absolute atomic E-state index is 0.00574. The topological polar surface area (TPSA) is 41.1 Å². The first kappa shape index (κ1) is 13.0. The Morgan fingerprint density at radius 2 is 2.28 bits per heavy atom. The first-order valence-electron chi connectivity index (χ1n) is 6.48. The summed E-state index contributed by atoms with van der Waals surface area (Å²) >= 11 is 0. The quantitative estimate of drug-likeness (QED) is 0.859. The summed E-state index contributed by atoms with van der Waals surface area (Å²) in [6.07, 6.45) is 2.19. The van der Waals surface area contributed by atoms with Crippen molar-refractivity contribution in [2.24, 2.45) is 0 Å². The second-order valence-electron chi connectivity index (χ2n) is 4.69. The highest BCUT2D eigenvalue weighted by atomic mass is 19.1. The van der Waals surface area contributed by atoms with Crippen LogP contribution in [0, 0.1) is 5.82 Å². The largest absolute Gasteiger partial charge is 0.355 e. The summed E-state index contributed by atoms with van der Waals surface area (Å²) in [5.74, 6) is -0.0660. The molecule has 4 heteroatoms. The minimum atomic E-state index is -0.170. The second kappa shape index (κ2) is 5.96. The number of hydrogen-bond donors (Lipinski definition) is 2. The van der Waals surface area contributed by atoms with Crippen LogP contribution in [0.4, 0.5) is 4.39 Å². The molecule has 0 aliphatic carbocycles. The van der Waals surface area contributed by atoms with Gasteiger partial charge >= 0.3 is 0 Å². The van der Waals surface area contributed by atoms with E-state index in [0.717, 1.165) is 12.8 Å². The van der Waals surface area contributed by atoms with Crippen molar-refractivity contribution in [3.05, 3.63) is 35.6 Å². The molecule has 98 valence electrons. The van der Waals surface area contributed by atoms with Gasteiger partial charge in [0.2, 0.25) is 5.91 Å². The van der Waals surface area contributed by atoms with E-state index in [1.54, 1.807) is 6.07 Å². The van der Waals surface area contributed by atoms with Crippen molar-refractivity contribution in [2.75, 3.05) is 6.54 Å². The molecule has 1 heterocycles. The van der Waals surface area contributed by atoms with Crippen molar-refractivity contribution < 1.29 is 9.18 Å². The molecule has 0 radical (unpaired) electrons. The number of halogens is 1. The molecule has 1 saturated heterocycles. The summed E-state index contributed by atoms with van der Waals surface area (Å²) in [5, 5.41) is 6.26. The molecule has 18 heavy (non-hydrogen) atoms. The number of carbonyl (C=O) groups excluding carboxylic acids is 1. The van der Waals surface area contributed by atoms with Gasteiger partial charge in [0.25, 0.3) is 0 Å². The Labute approximate surface area is 107 Å². The summed E-state index contributed by atoms with van der Waals surface area (Å²) in [5.41, 5.74) is 0.705. The third kappa shape index (κ3) is 3.07. The standard InChI is InChI=1S/C14H19FN2O/c1-2-13(11-5-3-4-6-12(11)15)17-10-7-8-14(18)16-9-10/h3-6,10,13,17H,2,7-9H2,1H3,(H,16,18). The smallest absolute Gasteiger partial charge is 0.220 e. The highest BCUT2D eigenvalue weighted by Crippen LogP contribution is 2.21. The fourth-order valence-electron chi connectivity index (χ4n) is 2.34. The number of nitrogens with one attached hydrogen (secondary N) is 2. The maximum absolute atomic E-state index is 13.7. The fourth-order valence-corrected chi connectivity index (χ4v) is 2.34. The van der Waals surface area contributed by atoms with Crippen LogP contribution in [0.5, 0.6) is 0 Å². The average molecular weight is 250 g/mol. The Balaban J connectivity index is 2.01. The van der Waals surface area contributed by atoms with Crippen LogP contribution in [0.2, 0.25) is 0 Å². The van der Waals surface area contributed by atoms with Crippen molar-refractivity contribution in [2.45, 2.75) is 38.3 Å². The van der Waals surface area contributed by atoms with Crippen LogP contribution in [-0.4, -0.2) is 18.5 Å². The first-order valence-corrected chi connectivity index (χ1v) is 6.48. The number of rotatable bonds is 4. The Kier molecular flexibility index (Phi) is 4.31. The molecule has 1 aliphatic heterocycles. The molecule has 0 spiro atoms. The maximum Gasteiger partial charge on any atom is 0.220 e. The van der Waals surface area contributed by atoms with Crippen LogP contribution >= 0.6 is 0 Å². The van der Waals surface area contributed by atoms with E-state index in [-0.39, 0.29) is 23.8 Å². The number of hydrogen-bond acceptors (Lipinski definition) is 2. The molecule has 0 bridgehead atoms. The van der Waals surface area contributed by atoms with Crippen LogP contribution in [0.1, 0.15) is 37.8 Å². The SMILES string of the molecule is CCC(NC1CCC(=O)NC1)c1ccccc1F. The van der Waals surface area contributed by atoms with Crippen LogP contribution in [0.3, 0.4) is 0 Å². The van der Waals surface area contributed by atoms with Gasteiger partial charge < -0.3 is 10.6 Å². The van der Waals surface area contributed by atoms with E-state index in [1.807, 2.05) is 19.1 Å². The third-order valence-electron chi connectivity index (χ3n) is 3.39. The zero-order valence-electron chi connectivity index (χ0n) is 10.6. The average Bonchev–Trinajstić information content (AvgIpc) is 2.39. The molecule has 0 saturated carbocycles. The predicted molar refractivity (Wildman–Crippen MR) is 68.6 cm³/mol. The van der Waals surface area contributed by atoms with E-state index in [1.165, 1.54) is 6.07 Å². The van der Waals surface area contributed by atoms with Crippen LogP contribution in [0.25, 0.3) is 0 Å². The number of amides is 1. The van der Waals surface area contributed by atoms with E-state index in [4.69, 9.17) is 0 Å². The lowest BCUT2D eigenvalue weighted by atomic mass is 10.00. The van der Waals surface area contributed by atoms with Crippen molar-refractivity contribution >= 4 is 5.91 Å². The van der Waals surface area contributed by atoms with Crippen molar-refractivity contribution in [3.8, 4) is 0 Å². The molecule has 1 aromatic carbocycles. The third-order valence-corrected chi connectivity index (χ3v) is 3.39. The van der Waals surface area contributed by atoms with Crippen molar-refractivity contribution in [3.63, 3.8) is 0 Å². The molecule has 1 amide bonds. The van der Waals surface area contributed by atoms with Crippen LogP contribution < -0.4 is 10.6 Å². The predicted octanol–water partition coefficient (Wildman–Crippen LogP) is 2.14.